The van der Waals surface area contributed by atoms with E-state index in [2.05, 4.69) is 4.74 Å². The summed E-state index contributed by atoms with van der Waals surface area (Å²) in [5.74, 6) is -0.372. The number of fused-ring (bicyclic) bond motifs is 1. The molecule has 0 unspecified atom stereocenters. The smallest absolute Gasteiger partial charge is 0.328 e. The fraction of sp³-hybridized carbons (Fsp3) is 0.250. The zero-order chi connectivity index (χ0) is 19.6. The second-order valence-electron chi connectivity index (χ2n) is 5.88. The first-order valence-corrected chi connectivity index (χ1v) is 9.29. The number of esters is 1. The molecule has 1 aliphatic rings. The van der Waals surface area contributed by atoms with Gasteiger partial charge in [-0.2, -0.15) is 0 Å². The molecule has 2 aromatic rings. The fourth-order valence-corrected chi connectivity index (χ4v) is 3.83. The van der Waals surface area contributed by atoms with E-state index in [1.165, 1.54) is 14.0 Å². The minimum Gasteiger partial charge on any atom is -0.493 e. The molecular formula is C20H19NO5S. The average Bonchev–Trinajstić information content (AvgIpc) is 2.95. The van der Waals surface area contributed by atoms with Crippen molar-refractivity contribution in [3.63, 3.8) is 0 Å². The summed E-state index contributed by atoms with van der Waals surface area (Å²) in [6.07, 6.45) is 1.67. The first-order chi connectivity index (χ1) is 13.0. The monoisotopic (exact) mass is 385 g/mol. The molecule has 1 heterocycles. The predicted molar refractivity (Wildman–Crippen MR) is 104 cm³/mol. The molecule has 0 saturated carbocycles. The van der Waals surface area contributed by atoms with Crippen LogP contribution in [0.25, 0.3) is 16.8 Å². The third-order valence-corrected chi connectivity index (χ3v) is 5.14. The maximum atomic E-state index is 12.7. The number of rotatable bonds is 5. The van der Waals surface area contributed by atoms with Crippen LogP contribution in [0.5, 0.6) is 5.75 Å². The second kappa shape index (κ2) is 7.84. The molecule has 1 aliphatic heterocycles. The van der Waals surface area contributed by atoms with E-state index in [1.807, 2.05) is 43.3 Å². The Morgan fingerprint density at radius 3 is 2.56 bits per heavy atom. The molecule has 27 heavy (non-hydrogen) atoms. The molecule has 1 saturated heterocycles. The molecule has 0 aliphatic carbocycles. The molecule has 7 heteroatoms. The van der Waals surface area contributed by atoms with Crippen molar-refractivity contribution in [1.82, 2.24) is 4.90 Å². The number of carbonyl (C=O) groups is 3. The molecule has 0 aromatic heterocycles. The lowest BCUT2D eigenvalue weighted by molar-refractivity contribution is -0.148. The molecule has 2 aromatic carbocycles. The van der Waals surface area contributed by atoms with Gasteiger partial charge >= 0.3 is 5.97 Å². The summed E-state index contributed by atoms with van der Waals surface area (Å²) in [7, 11) is 1.22. The van der Waals surface area contributed by atoms with E-state index in [4.69, 9.17) is 4.74 Å². The van der Waals surface area contributed by atoms with Gasteiger partial charge in [-0.15, -0.1) is 0 Å². The number of imide groups is 1. The minimum atomic E-state index is -0.967. The van der Waals surface area contributed by atoms with Crippen LogP contribution in [0.1, 0.15) is 19.4 Å². The Morgan fingerprint density at radius 1 is 1.19 bits per heavy atom. The Labute approximate surface area is 161 Å². The van der Waals surface area contributed by atoms with Gasteiger partial charge in [0.15, 0.2) is 0 Å². The molecule has 1 fully saturated rings. The van der Waals surface area contributed by atoms with Gasteiger partial charge in [0, 0.05) is 5.39 Å². The highest BCUT2D eigenvalue weighted by Gasteiger charge is 2.41. The highest BCUT2D eigenvalue weighted by molar-refractivity contribution is 8.18. The van der Waals surface area contributed by atoms with Crippen molar-refractivity contribution in [2.24, 2.45) is 0 Å². The van der Waals surface area contributed by atoms with E-state index in [1.54, 1.807) is 6.08 Å². The van der Waals surface area contributed by atoms with Gasteiger partial charge in [-0.25, -0.2) is 4.79 Å². The van der Waals surface area contributed by atoms with Gasteiger partial charge in [0.25, 0.3) is 11.1 Å². The third kappa shape index (κ3) is 3.55. The lowest BCUT2D eigenvalue weighted by atomic mass is 10.0. The summed E-state index contributed by atoms with van der Waals surface area (Å²) in [5, 5.41) is 1.35. The van der Waals surface area contributed by atoms with Crippen LogP contribution in [-0.2, 0) is 14.3 Å². The zero-order valence-corrected chi connectivity index (χ0v) is 16.0. The molecule has 140 valence electrons. The average molecular weight is 385 g/mol. The Balaban J connectivity index is 2.00. The Kier molecular flexibility index (Phi) is 5.51. The number of hydrogen-bond donors (Lipinski definition) is 0. The van der Waals surface area contributed by atoms with Crippen LogP contribution in [0.4, 0.5) is 4.79 Å². The van der Waals surface area contributed by atoms with Crippen LogP contribution in [0.15, 0.2) is 41.3 Å². The van der Waals surface area contributed by atoms with Crippen molar-refractivity contribution in [3.05, 3.63) is 46.9 Å². The van der Waals surface area contributed by atoms with Crippen LogP contribution in [0.3, 0.4) is 0 Å². The Hall–Kier alpha value is -2.80. The van der Waals surface area contributed by atoms with Crippen LogP contribution in [0, 0.1) is 0 Å². The molecular weight excluding hydrogens is 366 g/mol. The van der Waals surface area contributed by atoms with E-state index in [9.17, 15) is 14.4 Å². The molecule has 6 nitrogen and oxygen atoms in total. The van der Waals surface area contributed by atoms with Gasteiger partial charge in [-0.05, 0) is 48.7 Å². The number of ether oxygens (including phenoxy) is 2. The van der Waals surface area contributed by atoms with Gasteiger partial charge < -0.3 is 9.47 Å². The molecule has 0 bridgehead atoms. The summed E-state index contributed by atoms with van der Waals surface area (Å²) in [5.41, 5.74) is 0.797. The van der Waals surface area contributed by atoms with Gasteiger partial charge in [0.05, 0.1) is 18.6 Å². The van der Waals surface area contributed by atoms with Crippen molar-refractivity contribution in [3.8, 4) is 5.75 Å². The highest BCUT2D eigenvalue weighted by Crippen LogP contribution is 2.36. The van der Waals surface area contributed by atoms with Crippen LogP contribution in [-0.4, -0.2) is 41.8 Å². The van der Waals surface area contributed by atoms with Gasteiger partial charge in [-0.1, -0.05) is 30.3 Å². The minimum absolute atomic E-state index is 0.269. The first kappa shape index (κ1) is 19.0. The van der Waals surface area contributed by atoms with E-state index in [0.29, 0.717) is 6.61 Å². The largest absolute Gasteiger partial charge is 0.493 e. The van der Waals surface area contributed by atoms with Crippen LogP contribution in [0.2, 0.25) is 0 Å². The Bertz CT molecular complexity index is 953. The lowest BCUT2D eigenvalue weighted by Gasteiger charge is -2.18. The molecule has 3 rings (SSSR count). The topological polar surface area (TPSA) is 72.9 Å². The third-order valence-electron chi connectivity index (χ3n) is 4.26. The zero-order valence-electron chi connectivity index (χ0n) is 15.2. The van der Waals surface area contributed by atoms with Crippen LogP contribution >= 0.6 is 11.8 Å². The van der Waals surface area contributed by atoms with Crippen molar-refractivity contribution >= 4 is 45.7 Å². The quantitative estimate of drug-likeness (QED) is 0.575. The molecule has 0 radical (unpaired) electrons. The summed E-state index contributed by atoms with van der Waals surface area (Å²) in [6.45, 7) is 3.94. The maximum absolute atomic E-state index is 12.7. The van der Waals surface area contributed by atoms with E-state index in [0.717, 1.165) is 38.7 Å². The number of thioether (sulfide) groups is 1. The number of methoxy groups -OCH3 is 1. The molecule has 2 amide bonds. The lowest BCUT2D eigenvalue weighted by Crippen LogP contribution is -2.42. The normalized spacial score (nSPS) is 16.9. The summed E-state index contributed by atoms with van der Waals surface area (Å²) < 4.78 is 10.3. The molecule has 0 N–H and O–H groups in total. The number of hydrogen-bond acceptors (Lipinski definition) is 6. The first-order valence-electron chi connectivity index (χ1n) is 8.47. The van der Waals surface area contributed by atoms with Crippen molar-refractivity contribution in [1.29, 1.82) is 0 Å². The summed E-state index contributed by atoms with van der Waals surface area (Å²) in [6, 6.07) is 10.4. The fourth-order valence-electron chi connectivity index (χ4n) is 2.93. The van der Waals surface area contributed by atoms with Crippen molar-refractivity contribution in [2.45, 2.75) is 19.9 Å². The van der Waals surface area contributed by atoms with Gasteiger partial charge in [0.1, 0.15) is 11.8 Å². The number of carbonyl (C=O) groups excluding carboxylic acids is 3. The molecule has 1 atom stereocenters. The van der Waals surface area contributed by atoms with Crippen molar-refractivity contribution < 1.29 is 23.9 Å². The van der Waals surface area contributed by atoms with E-state index < -0.39 is 23.2 Å². The highest BCUT2D eigenvalue weighted by atomic mass is 32.2. The second-order valence-corrected chi connectivity index (χ2v) is 6.88. The number of nitrogens with zero attached hydrogens (tertiary/aromatic N) is 1. The standard InChI is InChI=1S/C20H19NO5S/c1-4-26-16-10-9-13(14-7-5-6-8-15(14)16)11-17-18(22)21(20(24)27-17)12(2)19(23)25-3/h5-12H,4H2,1-3H3/b17-11+/t12-/m1/s1. The van der Waals surface area contributed by atoms with Crippen LogP contribution < -0.4 is 4.74 Å². The van der Waals surface area contributed by atoms with Gasteiger partial charge in [0.2, 0.25) is 0 Å². The Morgan fingerprint density at radius 2 is 1.89 bits per heavy atom. The predicted octanol–water partition coefficient (Wildman–Crippen LogP) is 3.84. The number of amides is 2. The summed E-state index contributed by atoms with van der Waals surface area (Å²) >= 11 is 0.815. The SMILES string of the molecule is CCOc1ccc(/C=C2/SC(=O)N([C@H](C)C(=O)OC)C2=O)c2ccccc12. The summed E-state index contributed by atoms with van der Waals surface area (Å²) in [4.78, 5) is 37.8. The van der Waals surface area contributed by atoms with Crippen molar-refractivity contribution in [2.75, 3.05) is 13.7 Å². The van der Waals surface area contributed by atoms with Gasteiger partial charge in [-0.3, -0.25) is 14.5 Å². The molecule has 0 spiro atoms. The van der Waals surface area contributed by atoms with E-state index in [-0.39, 0.29) is 4.91 Å². The number of benzene rings is 2. The van der Waals surface area contributed by atoms with E-state index >= 15 is 0 Å². The maximum Gasteiger partial charge on any atom is 0.328 e.